The quantitative estimate of drug-likeness (QED) is 0.568. The highest BCUT2D eigenvalue weighted by atomic mass is 32.2. The Labute approximate surface area is 198 Å². The van der Waals surface area contributed by atoms with Gasteiger partial charge in [0.15, 0.2) is 0 Å². The Morgan fingerprint density at radius 2 is 1.67 bits per heavy atom. The van der Waals surface area contributed by atoms with Crippen LogP contribution in [0.4, 0.5) is 11.4 Å². The number of carbonyl (C=O) groups excluding carboxylic acids is 1. The average Bonchev–Trinajstić information content (AvgIpc) is 3.33. The number of benzene rings is 2. The fourth-order valence-electron chi connectivity index (χ4n) is 3.79. The van der Waals surface area contributed by atoms with Gasteiger partial charge in [-0.3, -0.25) is 4.79 Å². The third-order valence-corrected chi connectivity index (χ3v) is 8.88. The van der Waals surface area contributed by atoms with E-state index in [2.05, 4.69) is 10.2 Å². The largest absolute Gasteiger partial charge is 0.497 e. The van der Waals surface area contributed by atoms with Gasteiger partial charge in [-0.1, -0.05) is 6.07 Å². The molecule has 0 radical (unpaired) electrons. The van der Waals surface area contributed by atoms with Gasteiger partial charge in [-0.2, -0.15) is 4.31 Å². The lowest BCUT2D eigenvalue weighted by atomic mass is 10.1. The Balaban J connectivity index is 1.46. The zero-order valence-corrected chi connectivity index (χ0v) is 20.5. The Morgan fingerprint density at radius 1 is 0.970 bits per heavy atom. The number of anilines is 2. The number of carbonyl (C=O) groups is 1. The van der Waals surface area contributed by atoms with Crippen molar-refractivity contribution in [2.75, 3.05) is 43.5 Å². The van der Waals surface area contributed by atoms with Crippen LogP contribution < -0.4 is 15.0 Å². The number of sulfonamides is 1. The van der Waals surface area contributed by atoms with Crippen LogP contribution in [0.2, 0.25) is 0 Å². The first kappa shape index (κ1) is 23.3. The van der Waals surface area contributed by atoms with Crippen LogP contribution in [0.25, 0.3) is 0 Å². The minimum Gasteiger partial charge on any atom is -0.497 e. The minimum atomic E-state index is -3.78. The molecule has 0 atom stereocenters. The molecule has 2 aromatic carbocycles. The summed E-state index contributed by atoms with van der Waals surface area (Å²) in [4.78, 5) is 15.3. The van der Waals surface area contributed by atoms with Gasteiger partial charge in [0.2, 0.25) is 10.0 Å². The molecule has 0 aliphatic carbocycles. The maximum Gasteiger partial charge on any atom is 0.267 e. The van der Waals surface area contributed by atoms with Crippen molar-refractivity contribution in [3.8, 4) is 5.75 Å². The van der Waals surface area contributed by atoms with Crippen molar-refractivity contribution in [2.24, 2.45) is 0 Å². The first-order chi connectivity index (χ1) is 15.8. The molecule has 9 heteroatoms. The summed E-state index contributed by atoms with van der Waals surface area (Å²) in [7, 11) is -2.16. The summed E-state index contributed by atoms with van der Waals surface area (Å²) in [6.07, 6.45) is 0. The molecule has 33 heavy (non-hydrogen) atoms. The predicted octanol–water partition coefficient (Wildman–Crippen LogP) is 4.14. The lowest BCUT2D eigenvalue weighted by Gasteiger charge is -2.35. The van der Waals surface area contributed by atoms with E-state index in [1.807, 2.05) is 56.3 Å². The van der Waals surface area contributed by atoms with E-state index in [-0.39, 0.29) is 9.77 Å². The molecule has 3 aromatic rings. The van der Waals surface area contributed by atoms with Gasteiger partial charge in [-0.25, -0.2) is 8.42 Å². The Hall–Kier alpha value is -2.88. The Kier molecular flexibility index (Phi) is 6.73. The van der Waals surface area contributed by atoms with Crippen molar-refractivity contribution in [1.82, 2.24) is 4.31 Å². The number of rotatable bonds is 6. The average molecular weight is 486 g/mol. The number of thiophene rings is 1. The number of hydrogen-bond donors (Lipinski definition) is 1. The van der Waals surface area contributed by atoms with Crippen molar-refractivity contribution >= 4 is 38.6 Å². The number of methoxy groups -OCH3 is 1. The topological polar surface area (TPSA) is 79.0 Å². The molecule has 4 rings (SSSR count). The molecule has 0 bridgehead atoms. The molecule has 7 nitrogen and oxygen atoms in total. The van der Waals surface area contributed by atoms with Gasteiger partial charge in [0.25, 0.3) is 5.91 Å². The summed E-state index contributed by atoms with van der Waals surface area (Å²) < 4.78 is 33.4. The zero-order valence-electron chi connectivity index (χ0n) is 18.9. The molecular formula is C24H27N3O4S2. The van der Waals surface area contributed by atoms with Gasteiger partial charge >= 0.3 is 0 Å². The first-order valence-electron chi connectivity index (χ1n) is 10.6. The normalized spacial score (nSPS) is 14.8. The van der Waals surface area contributed by atoms with E-state index in [4.69, 9.17) is 4.74 Å². The molecule has 1 aliphatic heterocycles. The second-order valence-electron chi connectivity index (χ2n) is 7.96. The van der Waals surface area contributed by atoms with E-state index in [0.29, 0.717) is 31.9 Å². The standard InChI is InChI=1S/C24H27N3O4S2/c1-17-4-5-19(16-18(17)2)25-24(28)23-22(10-15-32-23)33(29,30)27-13-11-26(12-14-27)20-6-8-21(31-3)9-7-20/h4-10,15-16H,11-14H2,1-3H3,(H,25,28). The SMILES string of the molecule is COc1ccc(N2CCN(S(=O)(=O)c3ccsc3C(=O)Nc3ccc(C)c(C)c3)CC2)cc1. The summed E-state index contributed by atoms with van der Waals surface area (Å²) in [6.45, 7) is 5.81. The third kappa shape index (κ3) is 4.90. The van der Waals surface area contributed by atoms with Crippen molar-refractivity contribution in [3.63, 3.8) is 0 Å². The van der Waals surface area contributed by atoms with Crippen LogP contribution in [0.3, 0.4) is 0 Å². The second-order valence-corrected chi connectivity index (χ2v) is 10.8. The Bertz CT molecular complexity index is 1240. The van der Waals surface area contributed by atoms with Gasteiger partial charge in [-0.05, 0) is 72.8 Å². The van der Waals surface area contributed by atoms with Crippen molar-refractivity contribution in [2.45, 2.75) is 18.7 Å². The Morgan fingerprint density at radius 3 is 2.30 bits per heavy atom. The monoisotopic (exact) mass is 485 g/mol. The molecule has 1 fully saturated rings. The summed E-state index contributed by atoms with van der Waals surface area (Å²) in [5.74, 6) is 0.368. The number of nitrogens with one attached hydrogen (secondary N) is 1. The van der Waals surface area contributed by atoms with Crippen molar-refractivity contribution in [3.05, 3.63) is 69.9 Å². The van der Waals surface area contributed by atoms with Crippen molar-refractivity contribution < 1.29 is 17.9 Å². The van der Waals surface area contributed by atoms with E-state index in [1.54, 1.807) is 12.5 Å². The zero-order chi connectivity index (χ0) is 23.6. The van der Waals surface area contributed by atoms with Crippen LogP contribution >= 0.6 is 11.3 Å². The fraction of sp³-hybridized carbons (Fsp3) is 0.292. The summed E-state index contributed by atoms with van der Waals surface area (Å²) in [5.41, 5.74) is 3.85. The summed E-state index contributed by atoms with van der Waals surface area (Å²) in [6, 6.07) is 14.9. The van der Waals surface area contributed by atoms with Gasteiger partial charge in [0.1, 0.15) is 15.5 Å². The number of nitrogens with zero attached hydrogens (tertiary/aromatic N) is 2. The van der Waals surface area contributed by atoms with Gasteiger partial charge in [0.05, 0.1) is 7.11 Å². The molecule has 1 amide bonds. The first-order valence-corrected chi connectivity index (χ1v) is 13.0. The highest BCUT2D eigenvalue weighted by Crippen LogP contribution is 2.28. The number of hydrogen-bond acceptors (Lipinski definition) is 6. The van der Waals surface area contributed by atoms with E-state index < -0.39 is 15.9 Å². The van der Waals surface area contributed by atoms with Crippen LogP contribution in [-0.2, 0) is 10.0 Å². The van der Waals surface area contributed by atoms with E-state index >= 15 is 0 Å². The van der Waals surface area contributed by atoms with Crippen LogP contribution in [0.5, 0.6) is 5.75 Å². The van der Waals surface area contributed by atoms with E-state index in [9.17, 15) is 13.2 Å². The fourth-order valence-corrected chi connectivity index (χ4v) is 6.51. The highest BCUT2D eigenvalue weighted by molar-refractivity contribution is 7.89. The van der Waals surface area contributed by atoms with E-state index in [1.165, 1.54) is 10.4 Å². The third-order valence-electron chi connectivity index (χ3n) is 5.89. The maximum absolute atomic E-state index is 13.4. The molecule has 0 spiro atoms. The molecule has 1 saturated heterocycles. The summed E-state index contributed by atoms with van der Waals surface area (Å²) >= 11 is 1.14. The van der Waals surface area contributed by atoms with Gasteiger partial charge < -0.3 is 15.0 Å². The molecule has 174 valence electrons. The number of ether oxygens (including phenoxy) is 1. The van der Waals surface area contributed by atoms with Crippen molar-refractivity contribution in [1.29, 1.82) is 0 Å². The van der Waals surface area contributed by atoms with Crippen LogP contribution in [0, 0.1) is 13.8 Å². The molecule has 1 aliphatic rings. The lowest BCUT2D eigenvalue weighted by molar-refractivity contribution is 0.102. The van der Waals surface area contributed by atoms with E-state index in [0.717, 1.165) is 33.9 Å². The van der Waals surface area contributed by atoms with Crippen LogP contribution in [-0.4, -0.2) is 51.9 Å². The van der Waals surface area contributed by atoms with Crippen LogP contribution in [0.15, 0.2) is 58.8 Å². The summed E-state index contributed by atoms with van der Waals surface area (Å²) in [5, 5.41) is 4.48. The maximum atomic E-state index is 13.4. The molecule has 0 unspecified atom stereocenters. The molecule has 2 heterocycles. The number of amides is 1. The van der Waals surface area contributed by atoms with Gasteiger partial charge in [0, 0.05) is 37.6 Å². The molecule has 1 N–H and O–H groups in total. The highest BCUT2D eigenvalue weighted by Gasteiger charge is 2.32. The molecule has 0 saturated carbocycles. The molecule has 1 aromatic heterocycles. The lowest BCUT2D eigenvalue weighted by Crippen LogP contribution is -2.48. The molecular weight excluding hydrogens is 458 g/mol. The van der Waals surface area contributed by atoms with Crippen LogP contribution in [0.1, 0.15) is 20.8 Å². The minimum absolute atomic E-state index is 0.0618. The van der Waals surface area contributed by atoms with Gasteiger partial charge in [-0.15, -0.1) is 11.3 Å². The predicted molar refractivity (Wildman–Crippen MR) is 132 cm³/mol. The second kappa shape index (κ2) is 9.54. The smallest absolute Gasteiger partial charge is 0.267 e. The number of piperazine rings is 1. The number of aryl methyl sites for hydroxylation is 2.